The van der Waals surface area contributed by atoms with Crippen LogP contribution in [0.1, 0.15) is 56.6 Å². The molecule has 0 spiro atoms. The third-order valence-corrected chi connectivity index (χ3v) is 5.18. The Morgan fingerprint density at radius 3 is 2.44 bits per heavy atom. The van der Waals surface area contributed by atoms with E-state index >= 15 is 0 Å². The van der Waals surface area contributed by atoms with Crippen molar-refractivity contribution in [2.45, 2.75) is 46.0 Å². The Kier molecular flexibility index (Phi) is 4.84. The maximum absolute atomic E-state index is 13.3. The lowest BCUT2D eigenvalue weighted by atomic mass is 9.81. The van der Waals surface area contributed by atoms with Crippen LogP contribution in [0.25, 0.3) is 5.69 Å². The molecular formula is C21H27N3O3. The fourth-order valence-electron chi connectivity index (χ4n) is 3.56. The van der Waals surface area contributed by atoms with E-state index in [0.29, 0.717) is 24.9 Å². The highest BCUT2D eigenvalue weighted by molar-refractivity contribution is 5.96. The van der Waals surface area contributed by atoms with E-state index in [4.69, 9.17) is 5.10 Å². The van der Waals surface area contributed by atoms with E-state index in [1.54, 1.807) is 22.7 Å². The SMILES string of the molecule is CC1(C(=O)O)CCCN(C(=O)c2cn(-c3ccccc3)nc2C(C)(C)C)C1. The van der Waals surface area contributed by atoms with Gasteiger partial charge in [-0.25, -0.2) is 4.68 Å². The second-order valence-corrected chi connectivity index (χ2v) is 8.62. The quantitative estimate of drug-likeness (QED) is 0.898. The number of carbonyl (C=O) groups is 2. The first kappa shape index (κ1) is 19.1. The zero-order valence-electron chi connectivity index (χ0n) is 16.4. The minimum Gasteiger partial charge on any atom is -0.481 e. The molecule has 27 heavy (non-hydrogen) atoms. The number of piperidine rings is 1. The van der Waals surface area contributed by atoms with E-state index < -0.39 is 11.4 Å². The molecule has 1 aromatic heterocycles. The largest absolute Gasteiger partial charge is 0.481 e. The third kappa shape index (κ3) is 3.75. The maximum atomic E-state index is 13.3. The van der Waals surface area contributed by atoms with Gasteiger partial charge >= 0.3 is 5.97 Å². The Hall–Kier alpha value is -2.63. The van der Waals surface area contributed by atoms with Crippen LogP contribution in [0.3, 0.4) is 0 Å². The van der Waals surface area contributed by atoms with Gasteiger partial charge in [0, 0.05) is 24.7 Å². The van der Waals surface area contributed by atoms with E-state index in [-0.39, 0.29) is 17.9 Å². The summed E-state index contributed by atoms with van der Waals surface area (Å²) in [5.41, 5.74) is 0.943. The Bertz CT molecular complexity index is 851. The van der Waals surface area contributed by atoms with Crippen molar-refractivity contribution in [2.24, 2.45) is 5.41 Å². The van der Waals surface area contributed by atoms with Crippen LogP contribution in [0.2, 0.25) is 0 Å². The topological polar surface area (TPSA) is 75.4 Å². The maximum Gasteiger partial charge on any atom is 0.311 e. The Morgan fingerprint density at radius 2 is 1.85 bits per heavy atom. The molecule has 0 bridgehead atoms. The molecule has 1 N–H and O–H groups in total. The number of nitrogens with zero attached hydrogens (tertiary/aromatic N) is 3. The van der Waals surface area contributed by atoms with Crippen LogP contribution in [-0.2, 0) is 10.2 Å². The van der Waals surface area contributed by atoms with Crippen LogP contribution < -0.4 is 0 Å². The van der Waals surface area contributed by atoms with Crippen LogP contribution in [0.4, 0.5) is 0 Å². The molecule has 1 aliphatic rings. The lowest BCUT2D eigenvalue weighted by Gasteiger charge is -2.37. The monoisotopic (exact) mass is 369 g/mol. The number of carboxylic acid groups (broad SMARTS) is 1. The van der Waals surface area contributed by atoms with E-state index in [2.05, 4.69) is 0 Å². The van der Waals surface area contributed by atoms with Gasteiger partial charge in [-0.3, -0.25) is 9.59 Å². The van der Waals surface area contributed by atoms with Gasteiger partial charge in [0.1, 0.15) is 0 Å². The first-order valence-electron chi connectivity index (χ1n) is 9.30. The number of para-hydroxylation sites is 1. The van der Waals surface area contributed by atoms with Crippen molar-refractivity contribution < 1.29 is 14.7 Å². The Labute approximate surface area is 159 Å². The van der Waals surface area contributed by atoms with Crippen LogP contribution >= 0.6 is 0 Å². The first-order valence-corrected chi connectivity index (χ1v) is 9.30. The second-order valence-electron chi connectivity index (χ2n) is 8.62. The Balaban J connectivity index is 1.99. The van der Waals surface area contributed by atoms with Gasteiger partial charge in [-0.2, -0.15) is 5.10 Å². The predicted molar refractivity (Wildman–Crippen MR) is 103 cm³/mol. The average molecular weight is 369 g/mol. The minimum absolute atomic E-state index is 0.144. The molecule has 1 unspecified atom stereocenters. The summed E-state index contributed by atoms with van der Waals surface area (Å²) in [5.74, 6) is -0.995. The highest BCUT2D eigenvalue weighted by Crippen LogP contribution is 2.32. The van der Waals surface area contributed by atoms with E-state index in [1.807, 2.05) is 51.1 Å². The van der Waals surface area contributed by atoms with Gasteiger partial charge in [0.15, 0.2) is 0 Å². The predicted octanol–water partition coefficient (Wildman–Crippen LogP) is 3.50. The van der Waals surface area contributed by atoms with Crippen LogP contribution in [0.15, 0.2) is 36.5 Å². The van der Waals surface area contributed by atoms with E-state index in [0.717, 1.165) is 11.4 Å². The van der Waals surface area contributed by atoms with Gasteiger partial charge in [0.25, 0.3) is 5.91 Å². The van der Waals surface area contributed by atoms with E-state index in [9.17, 15) is 14.7 Å². The van der Waals surface area contributed by atoms with Gasteiger partial charge in [-0.15, -0.1) is 0 Å². The van der Waals surface area contributed by atoms with Crippen molar-refractivity contribution >= 4 is 11.9 Å². The molecular weight excluding hydrogens is 342 g/mol. The van der Waals surface area contributed by atoms with Crippen molar-refractivity contribution in [1.82, 2.24) is 14.7 Å². The molecule has 1 aliphatic heterocycles. The number of hydrogen-bond donors (Lipinski definition) is 1. The highest BCUT2D eigenvalue weighted by atomic mass is 16.4. The van der Waals surface area contributed by atoms with Crippen LogP contribution in [0, 0.1) is 5.41 Å². The van der Waals surface area contributed by atoms with E-state index in [1.165, 1.54) is 0 Å². The van der Waals surface area contributed by atoms with Crippen molar-refractivity contribution in [3.8, 4) is 5.69 Å². The summed E-state index contributed by atoms with van der Waals surface area (Å²) in [6, 6.07) is 9.67. The molecule has 1 fully saturated rings. The third-order valence-electron chi connectivity index (χ3n) is 5.18. The summed E-state index contributed by atoms with van der Waals surface area (Å²) in [4.78, 5) is 26.6. The van der Waals surface area contributed by atoms with Crippen LogP contribution in [0.5, 0.6) is 0 Å². The number of rotatable bonds is 3. The molecule has 1 atom stereocenters. The molecule has 1 saturated heterocycles. The molecule has 144 valence electrons. The van der Waals surface area contributed by atoms with Crippen molar-refractivity contribution in [1.29, 1.82) is 0 Å². The molecule has 2 aromatic rings. The average Bonchev–Trinajstić information content (AvgIpc) is 3.07. The summed E-state index contributed by atoms with van der Waals surface area (Å²) < 4.78 is 1.73. The number of benzene rings is 1. The Morgan fingerprint density at radius 1 is 1.19 bits per heavy atom. The number of amides is 1. The number of aliphatic carboxylic acids is 1. The van der Waals surface area contributed by atoms with Crippen molar-refractivity contribution in [3.63, 3.8) is 0 Å². The number of hydrogen-bond acceptors (Lipinski definition) is 3. The standard InChI is InChI=1S/C21H27N3O3/c1-20(2,3)17-16(13-24(22-17)15-9-6-5-7-10-15)18(25)23-12-8-11-21(4,14-23)19(26)27/h5-7,9-10,13H,8,11-12,14H2,1-4H3,(H,26,27). The van der Waals surface area contributed by atoms with Crippen molar-refractivity contribution in [3.05, 3.63) is 47.8 Å². The molecule has 1 aromatic carbocycles. The molecule has 0 radical (unpaired) electrons. The summed E-state index contributed by atoms with van der Waals surface area (Å²) in [5, 5.41) is 14.2. The number of carbonyl (C=O) groups excluding carboxylic acids is 1. The highest BCUT2D eigenvalue weighted by Gasteiger charge is 2.40. The first-order chi connectivity index (χ1) is 12.6. The normalized spacial score (nSPS) is 20.5. The number of carboxylic acids is 1. The molecule has 3 rings (SSSR count). The fourth-order valence-corrected chi connectivity index (χ4v) is 3.56. The van der Waals surface area contributed by atoms with Crippen molar-refractivity contribution in [2.75, 3.05) is 13.1 Å². The summed E-state index contributed by atoms with van der Waals surface area (Å²) in [6.07, 6.45) is 3.04. The fraction of sp³-hybridized carbons (Fsp3) is 0.476. The lowest BCUT2D eigenvalue weighted by Crippen LogP contribution is -2.48. The lowest BCUT2D eigenvalue weighted by molar-refractivity contribution is -0.150. The molecule has 1 amide bonds. The van der Waals surface area contributed by atoms with Gasteiger partial charge in [0.05, 0.1) is 22.4 Å². The zero-order valence-corrected chi connectivity index (χ0v) is 16.4. The van der Waals surface area contributed by atoms with Crippen LogP contribution in [-0.4, -0.2) is 44.8 Å². The van der Waals surface area contributed by atoms with Gasteiger partial charge in [-0.05, 0) is 31.9 Å². The number of likely N-dealkylation sites (tertiary alicyclic amines) is 1. The molecule has 6 heteroatoms. The zero-order chi connectivity index (χ0) is 19.8. The number of aromatic nitrogens is 2. The summed E-state index contributed by atoms with van der Waals surface area (Å²) >= 11 is 0. The van der Waals surface area contributed by atoms with Gasteiger partial charge < -0.3 is 10.0 Å². The molecule has 6 nitrogen and oxygen atoms in total. The molecule has 0 saturated carbocycles. The van der Waals surface area contributed by atoms with Gasteiger partial charge in [-0.1, -0.05) is 39.0 Å². The van der Waals surface area contributed by atoms with Gasteiger partial charge in [0.2, 0.25) is 0 Å². The smallest absolute Gasteiger partial charge is 0.311 e. The summed E-state index contributed by atoms with van der Waals surface area (Å²) in [7, 11) is 0. The molecule has 0 aliphatic carbocycles. The minimum atomic E-state index is -0.898. The summed E-state index contributed by atoms with van der Waals surface area (Å²) in [6.45, 7) is 8.59. The molecule has 2 heterocycles. The second kappa shape index (κ2) is 6.83.